The van der Waals surface area contributed by atoms with Crippen molar-refractivity contribution in [3.8, 4) is 0 Å². The van der Waals surface area contributed by atoms with Gasteiger partial charge in [-0.1, -0.05) is 31.2 Å². The van der Waals surface area contributed by atoms with Crippen molar-refractivity contribution in [1.29, 1.82) is 0 Å². The van der Waals surface area contributed by atoms with Crippen LogP contribution in [0, 0.1) is 5.92 Å². The second-order valence-corrected chi connectivity index (χ2v) is 7.73. The number of piperidine rings is 1. The van der Waals surface area contributed by atoms with Crippen molar-refractivity contribution in [1.82, 2.24) is 10.2 Å². The van der Waals surface area contributed by atoms with Crippen molar-refractivity contribution < 1.29 is 0 Å². The summed E-state index contributed by atoms with van der Waals surface area (Å²) >= 11 is 0. The molecule has 1 saturated heterocycles. The summed E-state index contributed by atoms with van der Waals surface area (Å²) in [5.41, 5.74) is 3.10. The second kappa shape index (κ2) is 7.42. The van der Waals surface area contributed by atoms with Gasteiger partial charge in [0.05, 0.1) is 0 Å². The van der Waals surface area contributed by atoms with Gasteiger partial charge in [0.2, 0.25) is 0 Å². The molecule has 2 nitrogen and oxygen atoms in total. The van der Waals surface area contributed by atoms with Gasteiger partial charge in [-0.3, -0.25) is 4.90 Å². The molecule has 1 aliphatic heterocycles. The Balaban J connectivity index is 1.79. The normalized spacial score (nSPS) is 20.7. The first-order valence-electron chi connectivity index (χ1n) is 8.47. The molecule has 21 heavy (non-hydrogen) atoms. The van der Waals surface area contributed by atoms with Crippen LogP contribution in [0.25, 0.3) is 0 Å². The van der Waals surface area contributed by atoms with Gasteiger partial charge in [-0.15, -0.1) is 0 Å². The van der Waals surface area contributed by atoms with Crippen LogP contribution in [-0.4, -0.2) is 30.1 Å². The highest BCUT2D eigenvalue weighted by atomic mass is 15.1. The van der Waals surface area contributed by atoms with Gasteiger partial charge < -0.3 is 5.32 Å². The quantitative estimate of drug-likeness (QED) is 0.885. The molecule has 1 aromatic rings. The van der Waals surface area contributed by atoms with Crippen molar-refractivity contribution in [3.05, 3.63) is 35.4 Å². The third kappa shape index (κ3) is 6.19. The molecule has 0 aromatic heterocycles. The van der Waals surface area contributed by atoms with Gasteiger partial charge >= 0.3 is 0 Å². The van der Waals surface area contributed by atoms with E-state index in [1.807, 2.05) is 0 Å². The topological polar surface area (TPSA) is 15.3 Å². The lowest BCUT2D eigenvalue weighted by Gasteiger charge is -2.30. The molecule has 0 aliphatic carbocycles. The van der Waals surface area contributed by atoms with Crippen LogP contribution >= 0.6 is 0 Å². The van der Waals surface area contributed by atoms with Gasteiger partial charge in [0.25, 0.3) is 0 Å². The van der Waals surface area contributed by atoms with Gasteiger partial charge in [0.1, 0.15) is 0 Å². The van der Waals surface area contributed by atoms with Crippen LogP contribution in [0.1, 0.15) is 51.7 Å². The molecule has 0 radical (unpaired) electrons. The van der Waals surface area contributed by atoms with Crippen LogP contribution in [0.3, 0.4) is 0 Å². The third-order valence-electron chi connectivity index (χ3n) is 4.24. The highest BCUT2D eigenvalue weighted by Crippen LogP contribution is 2.18. The second-order valence-electron chi connectivity index (χ2n) is 7.73. The zero-order chi connectivity index (χ0) is 15.3. The lowest BCUT2D eigenvalue weighted by atomic mass is 9.99. The SMILES string of the molecule is CC1CCCN(Cc2ccc(CCNC(C)(C)C)cc2)C1. The number of benzene rings is 1. The average Bonchev–Trinajstić information content (AvgIpc) is 2.39. The number of nitrogens with one attached hydrogen (secondary N) is 1. The van der Waals surface area contributed by atoms with Crippen molar-refractivity contribution in [2.45, 2.75) is 59.0 Å². The molecule has 1 unspecified atom stereocenters. The Morgan fingerprint density at radius 1 is 1.14 bits per heavy atom. The Morgan fingerprint density at radius 2 is 1.81 bits per heavy atom. The predicted octanol–water partition coefficient (Wildman–Crippen LogP) is 3.85. The van der Waals surface area contributed by atoms with Gasteiger partial charge in [-0.25, -0.2) is 0 Å². The summed E-state index contributed by atoms with van der Waals surface area (Å²) in [6.45, 7) is 13.7. The molecular weight excluding hydrogens is 256 g/mol. The maximum absolute atomic E-state index is 3.55. The molecular formula is C19H32N2. The van der Waals surface area contributed by atoms with Gasteiger partial charge in [0, 0.05) is 18.6 Å². The fraction of sp³-hybridized carbons (Fsp3) is 0.684. The summed E-state index contributed by atoms with van der Waals surface area (Å²) in [6.07, 6.45) is 3.87. The highest BCUT2D eigenvalue weighted by molar-refractivity contribution is 5.22. The van der Waals surface area contributed by atoms with Crippen molar-refractivity contribution in [2.75, 3.05) is 19.6 Å². The van der Waals surface area contributed by atoms with Crippen molar-refractivity contribution in [2.24, 2.45) is 5.92 Å². The van der Waals surface area contributed by atoms with Crippen LogP contribution in [0.15, 0.2) is 24.3 Å². The van der Waals surface area contributed by atoms with Gasteiger partial charge in [0.15, 0.2) is 0 Å². The Labute approximate surface area is 130 Å². The molecule has 1 N–H and O–H groups in total. The first-order valence-corrected chi connectivity index (χ1v) is 8.47. The summed E-state index contributed by atoms with van der Waals surface area (Å²) in [5.74, 6) is 0.862. The van der Waals surface area contributed by atoms with E-state index in [0.29, 0.717) is 0 Å². The van der Waals surface area contributed by atoms with E-state index in [1.54, 1.807) is 0 Å². The molecule has 1 atom stereocenters. The molecule has 2 heteroatoms. The van der Waals surface area contributed by atoms with Crippen molar-refractivity contribution >= 4 is 0 Å². The van der Waals surface area contributed by atoms with E-state index in [0.717, 1.165) is 25.4 Å². The molecule has 1 fully saturated rings. The Bertz CT molecular complexity index is 416. The number of nitrogens with zero attached hydrogens (tertiary/aromatic N) is 1. The standard InChI is InChI=1S/C19H32N2/c1-16-6-5-13-21(14-16)15-18-9-7-17(8-10-18)11-12-20-19(2,3)4/h7-10,16,20H,5-6,11-15H2,1-4H3. The number of hydrogen-bond donors (Lipinski definition) is 1. The fourth-order valence-corrected chi connectivity index (χ4v) is 3.08. The average molecular weight is 288 g/mol. The molecule has 1 heterocycles. The van der Waals surface area contributed by atoms with Gasteiger partial charge in [-0.05, 0) is 70.2 Å². The molecule has 0 spiro atoms. The number of rotatable bonds is 5. The highest BCUT2D eigenvalue weighted by Gasteiger charge is 2.16. The van der Waals surface area contributed by atoms with E-state index in [2.05, 4.69) is 62.2 Å². The van der Waals surface area contributed by atoms with Crippen LogP contribution in [-0.2, 0) is 13.0 Å². The Hall–Kier alpha value is -0.860. The molecule has 1 aromatic carbocycles. The fourth-order valence-electron chi connectivity index (χ4n) is 3.08. The Morgan fingerprint density at radius 3 is 2.43 bits per heavy atom. The van der Waals surface area contributed by atoms with E-state index in [9.17, 15) is 0 Å². The van der Waals surface area contributed by atoms with E-state index < -0.39 is 0 Å². The molecule has 118 valence electrons. The minimum absolute atomic E-state index is 0.213. The van der Waals surface area contributed by atoms with Gasteiger partial charge in [-0.2, -0.15) is 0 Å². The number of likely N-dealkylation sites (tertiary alicyclic amines) is 1. The zero-order valence-corrected chi connectivity index (χ0v) is 14.3. The zero-order valence-electron chi connectivity index (χ0n) is 14.3. The third-order valence-corrected chi connectivity index (χ3v) is 4.24. The summed E-state index contributed by atoms with van der Waals surface area (Å²) < 4.78 is 0. The molecule has 1 aliphatic rings. The van der Waals surface area contributed by atoms with Crippen LogP contribution in [0.5, 0.6) is 0 Å². The first kappa shape index (κ1) is 16.5. The lowest BCUT2D eigenvalue weighted by Crippen LogP contribution is -2.37. The van der Waals surface area contributed by atoms with E-state index >= 15 is 0 Å². The summed E-state index contributed by atoms with van der Waals surface area (Å²) in [4.78, 5) is 2.60. The van der Waals surface area contributed by atoms with Crippen LogP contribution in [0.2, 0.25) is 0 Å². The first-order chi connectivity index (χ1) is 9.92. The van der Waals surface area contributed by atoms with Crippen LogP contribution in [0.4, 0.5) is 0 Å². The summed E-state index contributed by atoms with van der Waals surface area (Å²) in [7, 11) is 0. The monoisotopic (exact) mass is 288 g/mol. The van der Waals surface area contributed by atoms with Crippen molar-refractivity contribution in [3.63, 3.8) is 0 Å². The van der Waals surface area contributed by atoms with Crippen LogP contribution < -0.4 is 5.32 Å². The molecule has 0 saturated carbocycles. The van der Waals surface area contributed by atoms with E-state index in [1.165, 1.54) is 37.1 Å². The minimum atomic E-state index is 0.213. The maximum Gasteiger partial charge on any atom is 0.0233 e. The van der Waals surface area contributed by atoms with E-state index in [-0.39, 0.29) is 5.54 Å². The largest absolute Gasteiger partial charge is 0.312 e. The predicted molar refractivity (Wildman–Crippen MR) is 91.6 cm³/mol. The van der Waals surface area contributed by atoms with E-state index in [4.69, 9.17) is 0 Å². The smallest absolute Gasteiger partial charge is 0.0233 e. The Kier molecular flexibility index (Phi) is 5.83. The summed E-state index contributed by atoms with van der Waals surface area (Å²) in [5, 5.41) is 3.55. The minimum Gasteiger partial charge on any atom is -0.312 e. The molecule has 0 amide bonds. The molecule has 2 rings (SSSR count). The number of hydrogen-bond acceptors (Lipinski definition) is 2. The maximum atomic E-state index is 3.55. The molecule has 0 bridgehead atoms. The lowest BCUT2D eigenvalue weighted by molar-refractivity contribution is 0.176. The summed E-state index contributed by atoms with van der Waals surface area (Å²) in [6, 6.07) is 9.22.